The Morgan fingerprint density at radius 2 is 1.42 bits per heavy atom. The lowest BCUT2D eigenvalue weighted by molar-refractivity contribution is 0.465. The second-order valence-corrected chi connectivity index (χ2v) is 7.26. The zero-order valence-corrected chi connectivity index (χ0v) is 15.8. The number of phenolic OH excluding ortho intramolecular Hbond substituents is 1. The minimum Gasteiger partial charge on any atom is -0.508 e. The molecule has 0 fully saturated rings. The molecule has 0 bridgehead atoms. The number of rotatable bonds is 7. The lowest BCUT2D eigenvalue weighted by atomic mass is 9.87. The second-order valence-electron chi connectivity index (χ2n) is 7.26. The van der Waals surface area contributed by atoms with Crippen LogP contribution in [0.2, 0.25) is 0 Å². The van der Waals surface area contributed by atoms with Gasteiger partial charge >= 0.3 is 0 Å². The van der Waals surface area contributed by atoms with E-state index >= 15 is 0 Å². The van der Waals surface area contributed by atoms with Gasteiger partial charge in [0, 0.05) is 11.5 Å². The highest BCUT2D eigenvalue weighted by molar-refractivity contribution is 5.44. The predicted octanol–water partition coefficient (Wildman–Crippen LogP) is 6.96. The Morgan fingerprint density at radius 3 is 1.96 bits per heavy atom. The SMILES string of the molecule is CCCC(CC)c1ccc(C(C)c2cc(C(C)C)ccc2O)cc1. The number of phenols is 1. The van der Waals surface area contributed by atoms with Gasteiger partial charge in [-0.15, -0.1) is 0 Å². The topological polar surface area (TPSA) is 20.2 Å². The average Bonchev–Trinajstić information content (AvgIpc) is 2.59. The van der Waals surface area contributed by atoms with Gasteiger partial charge in [-0.1, -0.05) is 77.4 Å². The summed E-state index contributed by atoms with van der Waals surface area (Å²) in [6.45, 7) is 11.1. The zero-order valence-electron chi connectivity index (χ0n) is 15.8. The lowest BCUT2D eigenvalue weighted by Gasteiger charge is -2.19. The van der Waals surface area contributed by atoms with Crippen molar-refractivity contribution in [3.8, 4) is 5.75 Å². The van der Waals surface area contributed by atoms with E-state index < -0.39 is 0 Å². The summed E-state index contributed by atoms with van der Waals surface area (Å²) < 4.78 is 0. The van der Waals surface area contributed by atoms with E-state index in [0.717, 1.165) is 5.56 Å². The van der Waals surface area contributed by atoms with Crippen LogP contribution in [0.4, 0.5) is 0 Å². The summed E-state index contributed by atoms with van der Waals surface area (Å²) in [6, 6.07) is 15.0. The molecular weight excluding hydrogens is 292 g/mol. The van der Waals surface area contributed by atoms with Crippen LogP contribution in [-0.2, 0) is 0 Å². The zero-order chi connectivity index (χ0) is 17.7. The van der Waals surface area contributed by atoms with E-state index in [2.05, 4.69) is 65.0 Å². The Bertz CT molecular complexity index is 640. The van der Waals surface area contributed by atoms with E-state index in [9.17, 15) is 5.11 Å². The Labute approximate surface area is 147 Å². The first kappa shape index (κ1) is 18.6. The van der Waals surface area contributed by atoms with Crippen LogP contribution in [0.5, 0.6) is 5.75 Å². The summed E-state index contributed by atoms with van der Waals surface area (Å²) in [4.78, 5) is 0. The molecule has 0 spiro atoms. The molecule has 0 aliphatic heterocycles. The molecule has 2 atom stereocenters. The molecule has 0 amide bonds. The molecule has 0 aliphatic rings. The molecule has 130 valence electrons. The van der Waals surface area contributed by atoms with E-state index in [0.29, 0.717) is 17.6 Å². The fourth-order valence-corrected chi connectivity index (χ4v) is 3.47. The van der Waals surface area contributed by atoms with E-state index in [1.54, 1.807) is 0 Å². The molecule has 1 N–H and O–H groups in total. The summed E-state index contributed by atoms with van der Waals surface area (Å²) >= 11 is 0. The number of benzene rings is 2. The maximum atomic E-state index is 10.3. The van der Waals surface area contributed by atoms with Gasteiger partial charge in [-0.2, -0.15) is 0 Å². The Balaban J connectivity index is 2.27. The number of hydrogen-bond acceptors (Lipinski definition) is 1. The van der Waals surface area contributed by atoms with Crippen LogP contribution in [0, 0.1) is 0 Å². The van der Waals surface area contributed by atoms with Gasteiger partial charge < -0.3 is 5.11 Å². The standard InChI is InChI=1S/C23H32O/c1-6-8-18(7-2)20-11-9-19(10-12-20)17(5)22-15-21(16(3)4)13-14-23(22)24/h9-18,24H,6-8H2,1-5H3. The van der Waals surface area contributed by atoms with Crippen molar-refractivity contribution >= 4 is 0 Å². The van der Waals surface area contributed by atoms with Crippen molar-refractivity contribution in [3.05, 3.63) is 64.7 Å². The van der Waals surface area contributed by atoms with Gasteiger partial charge in [-0.25, -0.2) is 0 Å². The second kappa shape index (κ2) is 8.37. The van der Waals surface area contributed by atoms with Crippen LogP contribution in [0.3, 0.4) is 0 Å². The predicted molar refractivity (Wildman–Crippen MR) is 104 cm³/mol. The molecule has 2 aromatic rings. The molecule has 0 saturated carbocycles. The van der Waals surface area contributed by atoms with E-state index in [1.165, 1.54) is 36.0 Å². The average molecular weight is 325 g/mol. The molecule has 0 radical (unpaired) electrons. The van der Waals surface area contributed by atoms with Crippen molar-refractivity contribution < 1.29 is 5.11 Å². The highest BCUT2D eigenvalue weighted by Crippen LogP contribution is 2.34. The highest BCUT2D eigenvalue weighted by atomic mass is 16.3. The molecule has 2 unspecified atom stereocenters. The van der Waals surface area contributed by atoms with Crippen molar-refractivity contribution in [2.45, 2.75) is 71.6 Å². The van der Waals surface area contributed by atoms with Gasteiger partial charge in [0.05, 0.1) is 0 Å². The van der Waals surface area contributed by atoms with Gasteiger partial charge in [-0.3, -0.25) is 0 Å². The first-order valence-electron chi connectivity index (χ1n) is 9.40. The monoisotopic (exact) mass is 324 g/mol. The molecule has 24 heavy (non-hydrogen) atoms. The first-order chi connectivity index (χ1) is 11.5. The molecule has 1 heteroatoms. The molecule has 0 aromatic heterocycles. The quantitative estimate of drug-likeness (QED) is 0.583. The third-order valence-corrected chi connectivity index (χ3v) is 5.22. The smallest absolute Gasteiger partial charge is 0.119 e. The maximum absolute atomic E-state index is 10.3. The minimum atomic E-state index is 0.198. The minimum absolute atomic E-state index is 0.198. The van der Waals surface area contributed by atoms with Crippen LogP contribution >= 0.6 is 0 Å². The summed E-state index contributed by atoms with van der Waals surface area (Å²) in [7, 11) is 0. The van der Waals surface area contributed by atoms with Crippen LogP contribution in [-0.4, -0.2) is 5.11 Å². The van der Waals surface area contributed by atoms with Crippen LogP contribution in [0.15, 0.2) is 42.5 Å². The maximum Gasteiger partial charge on any atom is 0.119 e. The third kappa shape index (κ3) is 4.20. The van der Waals surface area contributed by atoms with E-state index in [1.807, 2.05) is 12.1 Å². The fraction of sp³-hybridized carbons (Fsp3) is 0.478. The summed E-state index contributed by atoms with van der Waals surface area (Å²) in [5.41, 5.74) is 5.01. The number of hydrogen-bond donors (Lipinski definition) is 1. The molecule has 1 nitrogen and oxygen atoms in total. The van der Waals surface area contributed by atoms with Crippen molar-refractivity contribution in [1.82, 2.24) is 0 Å². The van der Waals surface area contributed by atoms with Crippen LogP contribution in [0.1, 0.15) is 93.9 Å². The molecule has 0 saturated heterocycles. The van der Waals surface area contributed by atoms with Gasteiger partial charge in [0.2, 0.25) is 0 Å². The summed E-state index contributed by atoms with van der Waals surface area (Å²) in [6.07, 6.45) is 3.68. The molecular formula is C23H32O. The largest absolute Gasteiger partial charge is 0.508 e. The van der Waals surface area contributed by atoms with E-state index in [4.69, 9.17) is 0 Å². The third-order valence-electron chi connectivity index (χ3n) is 5.22. The Morgan fingerprint density at radius 1 is 0.833 bits per heavy atom. The number of aromatic hydroxyl groups is 1. The van der Waals surface area contributed by atoms with Crippen molar-refractivity contribution in [2.75, 3.05) is 0 Å². The van der Waals surface area contributed by atoms with Gasteiger partial charge in [0.25, 0.3) is 0 Å². The van der Waals surface area contributed by atoms with Crippen LogP contribution in [0.25, 0.3) is 0 Å². The Kier molecular flexibility index (Phi) is 6.48. The first-order valence-corrected chi connectivity index (χ1v) is 9.40. The van der Waals surface area contributed by atoms with Gasteiger partial charge in [-0.05, 0) is 47.4 Å². The molecule has 0 heterocycles. The lowest BCUT2D eigenvalue weighted by Crippen LogP contribution is -2.01. The van der Waals surface area contributed by atoms with Crippen LogP contribution < -0.4 is 0 Å². The van der Waals surface area contributed by atoms with Gasteiger partial charge in [0.15, 0.2) is 0 Å². The molecule has 2 aromatic carbocycles. The van der Waals surface area contributed by atoms with Gasteiger partial charge in [0.1, 0.15) is 5.75 Å². The molecule has 0 aliphatic carbocycles. The normalized spacial score (nSPS) is 13.9. The summed E-state index contributed by atoms with van der Waals surface area (Å²) in [5.74, 6) is 1.73. The van der Waals surface area contributed by atoms with Crippen molar-refractivity contribution in [2.24, 2.45) is 0 Å². The Hall–Kier alpha value is -1.76. The summed E-state index contributed by atoms with van der Waals surface area (Å²) in [5, 5.41) is 10.3. The fourth-order valence-electron chi connectivity index (χ4n) is 3.47. The highest BCUT2D eigenvalue weighted by Gasteiger charge is 2.15. The van der Waals surface area contributed by atoms with E-state index in [-0.39, 0.29) is 5.92 Å². The van der Waals surface area contributed by atoms with Crippen molar-refractivity contribution in [1.29, 1.82) is 0 Å². The molecule has 2 rings (SSSR count). The van der Waals surface area contributed by atoms with Crippen molar-refractivity contribution in [3.63, 3.8) is 0 Å².